The first-order chi connectivity index (χ1) is 11.3. The van der Waals surface area contributed by atoms with Crippen molar-refractivity contribution in [1.82, 2.24) is 14.0 Å². The van der Waals surface area contributed by atoms with Crippen molar-refractivity contribution in [2.45, 2.75) is 19.9 Å². The number of aromatic nitrogens is 3. The van der Waals surface area contributed by atoms with Crippen molar-refractivity contribution < 1.29 is 5.11 Å². The van der Waals surface area contributed by atoms with Gasteiger partial charge in [0, 0.05) is 19.3 Å². The number of para-hydroxylation sites is 2. The van der Waals surface area contributed by atoms with Crippen LogP contribution in [0.2, 0.25) is 0 Å². The average Bonchev–Trinajstić information content (AvgIpc) is 3.10. The summed E-state index contributed by atoms with van der Waals surface area (Å²) in [5, 5.41) is 9.23. The van der Waals surface area contributed by atoms with E-state index in [2.05, 4.69) is 52.4 Å². The van der Waals surface area contributed by atoms with Crippen LogP contribution in [-0.4, -0.2) is 25.7 Å². The van der Waals surface area contributed by atoms with Gasteiger partial charge >= 0.3 is 0 Å². The highest BCUT2D eigenvalue weighted by Gasteiger charge is 2.14. The molecule has 0 radical (unpaired) electrons. The first-order valence-electron chi connectivity index (χ1n) is 7.92. The highest BCUT2D eigenvalue weighted by atomic mass is 16.3. The molecule has 23 heavy (non-hydrogen) atoms. The molecule has 0 atom stereocenters. The van der Waals surface area contributed by atoms with E-state index in [1.165, 1.54) is 11.1 Å². The van der Waals surface area contributed by atoms with E-state index in [1.54, 1.807) is 0 Å². The lowest BCUT2D eigenvalue weighted by Gasteiger charge is -2.08. The van der Waals surface area contributed by atoms with Crippen molar-refractivity contribution >= 4 is 16.8 Å². The Hall–Kier alpha value is -2.59. The summed E-state index contributed by atoms with van der Waals surface area (Å²) >= 11 is 0. The minimum Gasteiger partial charge on any atom is -0.396 e. The molecule has 2 aromatic carbocycles. The van der Waals surface area contributed by atoms with Gasteiger partial charge in [-0.25, -0.2) is 4.98 Å². The van der Waals surface area contributed by atoms with Gasteiger partial charge in [-0.05, 0) is 31.0 Å². The summed E-state index contributed by atoms with van der Waals surface area (Å²) in [4.78, 5) is 4.78. The number of nitrogens with zero attached hydrogens (tertiary/aromatic N) is 3. The predicted molar refractivity (Wildman–Crippen MR) is 92.6 cm³/mol. The topological polar surface area (TPSA) is 42.5 Å². The number of rotatable bonds is 4. The van der Waals surface area contributed by atoms with E-state index in [0.717, 1.165) is 29.0 Å². The summed E-state index contributed by atoms with van der Waals surface area (Å²) in [5.74, 6) is 0.926. The molecule has 0 bridgehead atoms. The van der Waals surface area contributed by atoms with E-state index in [1.807, 2.05) is 18.2 Å². The molecule has 0 aliphatic rings. The second-order valence-corrected chi connectivity index (χ2v) is 5.88. The molecule has 1 N–H and O–H groups in total. The van der Waals surface area contributed by atoms with Gasteiger partial charge < -0.3 is 9.67 Å². The van der Waals surface area contributed by atoms with Crippen molar-refractivity contribution in [1.29, 1.82) is 0 Å². The maximum Gasteiger partial charge on any atom is 0.215 e. The predicted octanol–water partition coefficient (Wildman–Crippen LogP) is 3.65. The fourth-order valence-corrected chi connectivity index (χ4v) is 3.05. The summed E-state index contributed by atoms with van der Waals surface area (Å²) < 4.78 is 4.34. The average molecular weight is 305 g/mol. The highest BCUT2D eigenvalue weighted by Crippen LogP contribution is 2.27. The van der Waals surface area contributed by atoms with Crippen molar-refractivity contribution in [3.8, 4) is 11.3 Å². The number of hydrogen-bond acceptors (Lipinski definition) is 2. The molecule has 116 valence electrons. The molecule has 0 saturated carbocycles. The lowest BCUT2D eigenvalue weighted by atomic mass is 10.1. The van der Waals surface area contributed by atoms with E-state index in [0.29, 0.717) is 6.42 Å². The third-order valence-corrected chi connectivity index (χ3v) is 4.25. The van der Waals surface area contributed by atoms with Crippen LogP contribution in [0.4, 0.5) is 0 Å². The third-order valence-electron chi connectivity index (χ3n) is 4.25. The van der Waals surface area contributed by atoms with Crippen molar-refractivity contribution in [3.05, 3.63) is 60.3 Å². The summed E-state index contributed by atoms with van der Waals surface area (Å²) in [5.41, 5.74) is 5.65. The van der Waals surface area contributed by atoms with Crippen molar-refractivity contribution in [3.63, 3.8) is 0 Å². The van der Waals surface area contributed by atoms with Crippen LogP contribution in [0.1, 0.15) is 12.0 Å². The Morgan fingerprint density at radius 2 is 1.83 bits per heavy atom. The fourth-order valence-electron chi connectivity index (χ4n) is 3.05. The highest BCUT2D eigenvalue weighted by molar-refractivity contribution is 5.81. The zero-order chi connectivity index (χ0) is 15.8. The maximum atomic E-state index is 9.23. The lowest BCUT2D eigenvalue weighted by Crippen LogP contribution is -2.03. The fraction of sp³-hybridized carbons (Fsp3) is 0.211. The third kappa shape index (κ3) is 2.32. The monoisotopic (exact) mass is 305 g/mol. The van der Waals surface area contributed by atoms with E-state index in [4.69, 9.17) is 4.98 Å². The van der Waals surface area contributed by atoms with Gasteiger partial charge in [-0.1, -0.05) is 42.0 Å². The minimum absolute atomic E-state index is 0.178. The molecule has 0 saturated heterocycles. The molecule has 4 heteroatoms. The lowest BCUT2D eigenvalue weighted by molar-refractivity contribution is 0.280. The number of hydrogen-bond donors (Lipinski definition) is 1. The van der Waals surface area contributed by atoms with Gasteiger partial charge in [0.15, 0.2) is 0 Å². The van der Waals surface area contributed by atoms with Gasteiger partial charge in [-0.2, -0.15) is 0 Å². The molecule has 0 unspecified atom stereocenters. The smallest absolute Gasteiger partial charge is 0.215 e. The van der Waals surface area contributed by atoms with Crippen LogP contribution >= 0.6 is 0 Å². The molecule has 0 aliphatic heterocycles. The van der Waals surface area contributed by atoms with Crippen LogP contribution < -0.4 is 0 Å². The first-order valence-corrected chi connectivity index (χ1v) is 7.92. The molecule has 4 aromatic rings. The molecule has 4 rings (SSSR count). The molecule has 2 aromatic heterocycles. The van der Waals surface area contributed by atoms with Crippen molar-refractivity contribution in [2.75, 3.05) is 6.61 Å². The standard InChI is InChI=1S/C19H19N3O/c1-14-7-9-15(10-8-14)18-13-22-17-6-3-2-5-16(17)20-19(22)21(18)11-4-12-23/h2-3,5-10,13,23H,4,11-12H2,1H3. The Morgan fingerprint density at radius 3 is 2.61 bits per heavy atom. The SMILES string of the molecule is Cc1ccc(-c2cn3c4ccccc4nc3n2CCCO)cc1. The van der Waals surface area contributed by atoms with Gasteiger partial charge in [-0.15, -0.1) is 0 Å². The summed E-state index contributed by atoms with van der Waals surface area (Å²) in [7, 11) is 0. The van der Waals surface area contributed by atoms with Gasteiger partial charge in [0.05, 0.1) is 16.7 Å². The Balaban J connectivity index is 1.96. The van der Waals surface area contributed by atoms with Gasteiger partial charge in [0.1, 0.15) is 0 Å². The molecule has 0 spiro atoms. The van der Waals surface area contributed by atoms with E-state index in [9.17, 15) is 5.11 Å². The minimum atomic E-state index is 0.178. The summed E-state index contributed by atoms with van der Waals surface area (Å²) in [6.45, 7) is 3.02. The molecule has 0 fully saturated rings. The van der Waals surface area contributed by atoms with Crippen LogP contribution in [0.5, 0.6) is 0 Å². The Kier molecular flexibility index (Phi) is 3.39. The van der Waals surface area contributed by atoms with Crippen LogP contribution in [0.15, 0.2) is 54.7 Å². The second kappa shape index (κ2) is 5.56. The number of aryl methyl sites for hydroxylation is 2. The summed E-state index contributed by atoms with van der Waals surface area (Å²) in [6.07, 6.45) is 2.86. The number of aliphatic hydroxyl groups excluding tert-OH is 1. The molecule has 0 amide bonds. The second-order valence-electron chi connectivity index (χ2n) is 5.88. The molecule has 0 aliphatic carbocycles. The quantitative estimate of drug-likeness (QED) is 0.625. The van der Waals surface area contributed by atoms with E-state index < -0.39 is 0 Å². The van der Waals surface area contributed by atoms with E-state index in [-0.39, 0.29) is 6.61 Å². The van der Waals surface area contributed by atoms with E-state index >= 15 is 0 Å². The zero-order valence-corrected chi connectivity index (χ0v) is 13.1. The van der Waals surface area contributed by atoms with Crippen LogP contribution in [-0.2, 0) is 6.54 Å². The Bertz CT molecular complexity index is 964. The molecular formula is C19H19N3O. The number of aliphatic hydroxyl groups is 1. The van der Waals surface area contributed by atoms with Gasteiger partial charge in [-0.3, -0.25) is 4.40 Å². The maximum absolute atomic E-state index is 9.23. The van der Waals surface area contributed by atoms with Crippen LogP contribution in [0.25, 0.3) is 28.1 Å². The van der Waals surface area contributed by atoms with Crippen molar-refractivity contribution in [2.24, 2.45) is 0 Å². The van der Waals surface area contributed by atoms with Crippen LogP contribution in [0, 0.1) is 6.92 Å². The number of fused-ring (bicyclic) bond motifs is 3. The summed E-state index contributed by atoms with van der Waals surface area (Å²) in [6, 6.07) is 16.7. The zero-order valence-electron chi connectivity index (χ0n) is 13.1. The first kappa shape index (κ1) is 14.0. The Morgan fingerprint density at radius 1 is 1.04 bits per heavy atom. The Labute approximate surface area is 134 Å². The molecule has 2 heterocycles. The van der Waals surface area contributed by atoms with Crippen LogP contribution in [0.3, 0.4) is 0 Å². The normalized spacial score (nSPS) is 11.6. The number of benzene rings is 2. The largest absolute Gasteiger partial charge is 0.396 e. The van der Waals surface area contributed by atoms with Gasteiger partial charge in [0.25, 0.3) is 0 Å². The molecule has 4 nitrogen and oxygen atoms in total. The number of imidazole rings is 2. The van der Waals surface area contributed by atoms with Gasteiger partial charge in [0.2, 0.25) is 5.78 Å². The molecular weight excluding hydrogens is 286 g/mol.